The van der Waals surface area contributed by atoms with Gasteiger partial charge < -0.3 is 10.2 Å². The van der Waals surface area contributed by atoms with Crippen LogP contribution in [0.25, 0.3) is 33.6 Å². The van der Waals surface area contributed by atoms with Crippen molar-refractivity contribution in [3.8, 4) is 5.69 Å². The van der Waals surface area contributed by atoms with E-state index in [2.05, 4.69) is 41.4 Å². The lowest BCUT2D eigenvalue weighted by molar-refractivity contribution is -0.124. The van der Waals surface area contributed by atoms with E-state index in [0.717, 1.165) is 65.1 Å². The molecule has 1 aliphatic heterocycles. The van der Waals surface area contributed by atoms with Crippen molar-refractivity contribution in [3.63, 3.8) is 0 Å². The number of likely N-dealkylation sites (tertiary alicyclic amines) is 1. The Hall–Kier alpha value is -3.75. The molecule has 8 heteroatoms. The lowest BCUT2D eigenvalue weighted by atomic mass is 10.1. The highest BCUT2D eigenvalue weighted by Gasteiger charge is 2.15. The number of benzene rings is 2. The van der Waals surface area contributed by atoms with Gasteiger partial charge in [0.05, 0.1) is 11.2 Å². The molecule has 0 bridgehead atoms. The Bertz CT molecular complexity index is 1370. The number of hydroxylamine groups is 1. The van der Waals surface area contributed by atoms with Crippen LogP contribution in [0.2, 0.25) is 0 Å². The summed E-state index contributed by atoms with van der Waals surface area (Å²) < 4.78 is 1.89. The van der Waals surface area contributed by atoms with E-state index in [-0.39, 0.29) is 0 Å². The normalized spacial score (nSPS) is 14.7. The van der Waals surface area contributed by atoms with Gasteiger partial charge in [-0.05, 0) is 68.8 Å². The minimum atomic E-state index is -0.575. The summed E-state index contributed by atoms with van der Waals surface area (Å²) >= 11 is 0. The van der Waals surface area contributed by atoms with Gasteiger partial charge in [0.15, 0.2) is 5.82 Å². The summed E-state index contributed by atoms with van der Waals surface area (Å²) in [5.74, 6) is 0.201. The van der Waals surface area contributed by atoms with Gasteiger partial charge >= 0.3 is 0 Å². The van der Waals surface area contributed by atoms with Crippen molar-refractivity contribution in [1.82, 2.24) is 25.1 Å². The van der Waals surface area contributed by atoms with E-state index < -0.39 is 5.91 Å². The predicted octanol–water partition coefficient (Wildman–Crippen LogP) is 4.30. The van der Waals surface area contributed by atoms with Crippen LogP contribution in [0, 0.1) is 6.92 Å². The van der Waals surface area contributed by atoms with Crippen LogP contribution >= 0.6 is 0 Å². The van der Waals surface area contributed by atoms with E-state index in [1.165, 1.54) is 30.9 Å². The molecule has 180 valence electrons. The molecule has 4 aromatic rings. The second-order valence-electron chi connectivity index (χ2n) is 9.05. The Morgan fingerprint density at radius 2 is 1.89 bits per heavy atom. The van der Waals surface area contributed by atoms with Crippen LogP contribution in [0.4, 0.5) is 5.82 Å². The van der Waals surface area contributed by atoms with E-state index in [1.54, 1.807) is 11.6 Å². The van der Waals surface area contributed by atoms with Crippen molar-refractivity contribution in [1.29, 1.82) is 0 Å². The van der Waals surface area contributed by atoms with E-state index >= 15 is 0 Å². The van der Waals surface area contributed by atoms with Crippen LogP contribution in [0.5, 0.6) is 0 Å². The predicted molar refractivity (Wildman–Crippen MR) is 139 cm³/mol. The highest BCUT2D eigenvalue weighted by molar-refractivity contribution is 6.09. The topological polar surface area (TPSA) is 95.3 Å². The number of aromatic nitrogens is 3. The number of piperidine rings is 1. The quantitative estimate of drug-likeness (QED) is 0.212. The number of anilines is 1. The highest BCUT2D eigenvalue weighted by atomic mass is 16.5. The summed E-state index contributed by atoms with van der Waals surface area (Å²) in [5, 5.41) is 19.1. The maximum atomic E-state index is 11.4. The first kappa shape index (κ1) is 23.0. The van der Waals surface area contributed by atoms with Crippen LogP contribution < -0.4 is 10.8 Å². The van der Waals surface area contributed by atoms with Gasteiger partial charge in [0.2, 0.25) is 0 Å². The number of nitrogens with zero attached hydrogens (tertiary/aromatic N) is 4. The summed E-state index contributed by atoms with van der Waals surface area (Å²) in [5.41, 5.74) is 6.29. The molecule has 0 aliphatic carbocycles. The number of nitrogens with one attached hydrogen (secondary N) is 2. The van der Waals surface area contributed by atoms with Gasteiger partial charge in [-0.25, -0.2) is 15.1 Å². The molecule has 3 heterocycles. The van der Waals surface area contributed by atoms with Crippen LogP contribution in [0.1, 0.15) is 30.4 Å². The molecule has 35 heavy (non-hydrogen) atoms. The van der Waals surface area contributed by atoms with Crippen LogP contribution in [0.15, 0.2) is 54.7 Å². The first-order valence-electron chi connectivity index (χ1n) is 12.1. The molecule has 0 atom stereocenters. The molecule has 1 aliphatic rings. The van der Waals surface area contributed by atoms with E-state index in [4.69, 9.17) is 15.3 Å². The third-order valence-electron chi connectivity index (χ3n) is 6.49. The molecule has 0 spiro atoms. The van der Waals surface area contributed by atoms with Gasteiger partial charge in [-0.15, -0.1) is 0 Å². The fourth-order valence-corrected chi connectivity index (χ4v) is 4.57. The molecule has 1 amide bonds. The van der Waals surface area contributed by atoms with Crippen molar-refractivity contribution in [2.45, 2.75) is 26.2 Å². The molecule has 2 aromatic heterocycles. The van der Waals surface area contributed by atoms with Gasteiger partial charge in [-0.3, -0.25) is 10.0 Å². The Labute approximate surface area is 204 Å². The number of carbonyl (C=O) groups is 1. The largest absolute Gasteiger partial charge is 0.367 e. The number of fused-ring (bicyclic) bond motifs is 3. The molecular formula is C27H30N6O2. The van der Waals surface area contributed by atoms with Crippen molar-refractivity contribution < 1.29 is 10.0 Å². The lowest BCUT2D eigenvalue weighted by Crippen LogP contribution is -2.33. The third-order valence-corrected chi connectivity index (χ3v) is 6.49. The summed E-state index contributed by atoms with van der Waals surface area (Å²) in [4.78, 5) is 18.8. The first-order valence-corrected chi connectivity index (χ1v) is 12.1. The molecule has 0 radical (unpaired) electrons. The van der Waals surface area contributed by atoms with Crippen LogP contribution in [-0.4, -0.2) is 57.0 Å². The lowest BCUT2D eigenvalue weighted by Gasteiger charge is -2.26. The Balaban J connectivity index is 1.53. The molecule has 0 saturated carbocycles. The number of pyridine rings is 1. The zero-order chi connectivity index (χ0) is 24.2. The number of amides is 1. The second kappa shape index (κ2) is 10.2. The zero-order valence-corrected chi connectivity index (χ0v) is 19.9. The SMILES string of the molecule is Cc1ccc(-n2cc3c(n2)c(NCCN2CCCCC2)nc2ccc(/C=C/C(=O)NO)cc23)cc1. The second-order valence-corrected chi connectivity index (χ2v) is 9.05. The Morgan fingerprint density at radius 1 is 1.09 bits per heavy atom. The van der Waals surface area contributed by atoms with Gasteiger partial charge in [-0.1, -0.05) is 30.2 Å². The van der Waals surface area contributed by atoms with Crippen molar-refractivity contribution >= 4 is 39.6 Å². The van der Waals surface area contributed by atoms with Gasteiger partial charge in [0, 0.05) is 36.1 Å². The summed E-state index contributed by atoms with van der Waals surface area (Å²) in [7, 11) is 0. The molecule has 0 unspecified atom stereocenters. The smallest absolute Gasteiger partial charge is 0.267 e. The molecule has 5 rings (SSSR count). The Morgan fingerprint density at radius 3 is 2.66 bits per heavy atom. The minimum Gasteiger partial charge on any atom is -0.367 e. The van der Waals surface area contributed by atoms with E-state index in [1.807, 2.05) is 29.1 Å². The van der Waals surface area contributed by atoms with Crippen molar-refractivity contribution in [3.05, 3.63) is 65.9 Å². The van der Waals surface area contributed by atoms with E-state index in [0.29, 0.717) is 0 Å². The standard InChI is InChI=1S/C27H30N6O2/c1-19-5-9-21(10-6-19)33-18-23-22-17-20(8-12-25(34)31-35)7-11-24(22)29-27(26(23)30-33)28-13-16-32-14-3-2-4-15-32/h5-12,17-18,35H,2-4,13-16H2,1H3,(H,28,29)(H,31,34)/b12-8+. The average Bonchev–Trinajstić information content (AvgIpc) is 3.34. The number of rotatable bonds is 7. The maximum Gasteiger partial charge on any atom is 0.267 e. The van der Waals surface area contributed by atoms with Gasteiger partial charge in [0.25, 0.3) is 5.91 Å². The Kier molecular flexibility index (Phi) is 6.74. The molecular weight excluding hydrogens is 440 g/mol. The minimum absolute atomic E-state index is 0.575. The number of hydrogen-bond donors (Lipinski definition) is 3. The monoisotopic (exact) mass is 470 g/mol. The molecule has 1 saturated heterocycles. The summed E-state index contributed by atoms with van der Waals surface area (Å²) in [6.45, 7) is 6.18. The van der Waals surface area contributed by atoms with Crippen molar-refractivity contribution in [2.24, 2.45) is 0 Å². The molecule has 3 N–H and O–H groups in total. The third kappa shape index (κ3) is 5.18. The molecule has 2 aromatic carbocycles. The average molecular weight is 471 g/mol. The molecule has 1 fully saturated rings. The first-order chi connectivity index (χ1) is 17.1. The summed E-state index contributed by atoms with van der Waals surface area (Å²) in [6.07, 6.45) is 8.86. The van der Waals surface area contributed by atoms with Gasteiger partial charge in [-0.2, -0.15) is 5.10 Å². The molecule has 8 nitrogen and oxygen atoms in total. The van der Waals surface area contributed by atoms with Crippen LogP contribution in [0.3, 0.4) is 0 Å². The number of hydrogen-bond acceptors (Lipinski definition) is 6. The fourth-order valence-electron chi connectivity index (χ4n) is 4.57. The number of aryl methyl sites for hydroxylation is 1. The van der Waals surface area contributed by atoms with Gasteiger partial charge in [0.1, 0.15) is 5.52 Å². The number of carbonyl (C=O) groups excluding carboxylic acids is 1. The highest BCUT2D eigenvalue weighted by Crippen LogP contribution is 2.30. The zero-order valence-electron chi connectivity index (χ0n) is 19.9. The summed E-state index contributed by atoms with van der Waals surface area (Å²) in [6, 6.07) is 14.1. The van der Waals surface area contributed by atoms with Crippen molar-refractivity contribution in [2.75, 3.05) is 31.5 Å². The van der Waals surface area contributed by atoms with Crippen LogP contribution in [-0.2, 0) is 4.79 Å². The van der Waals surface area contributed by atoms with E-state index in [9.17, 15) is 4.79 Å². The maximum absolute atomic E-state index is 11.4. The fraction of sp³-hybridized carbons (Fsp3) is 0.296.